The molecule has 3 heterocycles. The number of benzene rings is 1. The zero-order chi connectivity index (χ0) is 22.7. The van der Waals surface area contributed by atoms with Crippen LogP contribution in [0.15, 0.2) is 55.2 Å². The summed E-state index contributed by atoms with van der Waals surface area (Å²) >= 11 is 0. The number of carbonyl (C=O) groups is 1. The van der Waals surface area contributed by atoms with Crippen molar-refractivity contribution in [3.63, 3.8) is 0 Å². The Bertz CT molecular complexity index is 1090. The molecule has 1 aliphatic rings. The van der Waals surface area contributed by atoms with Crippen LogP contribution in [0.1, 0.15) is 33.8 Å². The Hall–Kier alpha value is -3.69. The summed E-state index contributed by atoms with van der Waals surface area (Å²) in [5.74, 6) is -0.472. The second-order valence-corrected chi connectivity index (χ2v) is 7.48. The van der Waals surface area contributed by atoms with E-state index in [1.807, 2.05) is 19.1 Å². The number of nitrogens with zero attached hydrogens (tertiary/aromatic N) is 4. The molecule has 1 N–H and O–H groups in total. The van der Waals surface area contributed by atoms with Crippen LogP contribution in [0.3, 0.4) is 0 Å². The molecule has 32 heavy (non-hydrogen) atoms. The zero-order valence-corrected chi connectivity index (χ0v) is 17.1. The highest BCUT2D eigenvalue weighted by atomic mass is 19.4. The van der Waals surface area contributed by atoms with Gasteiger partial charge in [0.2, 0.25) is 0 Å². The first-order chi connectivity index (χ1) is 15.3. The van der Waals surface area contributed by atoms with E-state index in [1.165, 1.54) is 12.4 Å². The van der Waals surface area contributed by atoms with Gasteiger partial charge in [-0.2, -0.15) is 0 Å². The molecule has 1 fully saturated rings. The van der Waals surface area contributed by atoms with E-state index in [1.54, 1.807) is 18.5 Å². The molecule has 0 spiro atoms. The number of ether oxygens (including phenoxy) is 1. The molecule has 0 aliphatic carbocycles. The van der Waals surface area contributed by atoms with Crippen LogP contribution in [0.2, 0.25) is 0 Å². The first kappa shape index (κ1) is 21.5. The lowest BCUT2D eigenvalue weighted by Gasteiger charge is -2.19. The quantitative estimate of drug-likeness (QED) is 0.633. The molecule has 10 heteroatoms. The SMILES string of the molecule is Cc1ccc(C(=O)Nc2ccc(OC(F)(F)F)cn2)cc1[C@@H]1CCN(c2cncnc2)C1. The van der Waals surface area contributed by atoms with E-state index in [0.717, 1.165) is 48.6 Å². The first-order valence-electron chi connectivity index (χ1n) is 9.92. The summed E-state index contributed by atoms with van der Waals surface area (Å²) in [7, 11) is 0. The molecule has 4 rings (SSSR count). The van der Waals surface area contributed by atoms with Crippen LogP contribution in [0.4, 0.5) is 24.7 Å². The fourth-order valence-electron chi connectivity index (χ4n) is 3.76. The third-order valence-electron chi connectivity index (χ3n) is 5.29. The lowest BCUT2D eigenvalue weighted by molar-refractivity contribution is -0.274. The van der Waals surface area contributed by atoms with Gasteiger partial charge in [-0.3, -0.25) is 4.79 Å². The van der Waals surface area contributed by atoms with Crippen LogP contribution in [-0.2, 0) is 0 Å². The molecular formula is C22H20F3N5O2. The van der Waals surface area contributed by atoms with Crippen LogP contribution in [0.5, 0.6) is 5.75 Å². The molecule has 3 aromatic rings. The van der Waals surface area contributed by atoms with E-state index in [-0.39, 0.29) is 11.7 Å². The summed E-state index contributed by atoms with van der Waals surface area (Å²) in [5, 5.41) is 2.61. The van der Waals surface area contributed by atoms with E-state index in [9.17, 15) is 18.0 Å². The van der Waals surface area contributed by atoms with E-state index in [4.69, 9.17) is 0 Å². The minimum atomic E-state index is -4.80. The van der Waals surface area contributed by atoms with Crippen molar-refractivity contribution in [2.24, 2.45) is 0 Å². The molecular weight excluding hydrogens is 423 g/mol. The number of nitrogens with one attached hydrogen (secondary N) is 1. The van der Waals surface area contributed by atoms with Gasteiger partial charge in [-0.15, -0.1) is 13.2 Å². The Morgan fingerprint density at radius 2 is 1.94 bits per heavy atom. The van der Waals surface area contributed by atoms with E-state index in [2.05, 4.69) is 29.9 Å². The number of hydrogen-bond acceptors (Lipinski definition) is 6. The minimum Gasteiger partial charge on any atom is -0.404 e. The third-order valence-corrected chi connectivity index (χ3v) is 5.29. The molecule has 0 bridgehead atoms. The molecule has 1 aliphatic heterocycles. The van der Waals surface area contributed by atoms with Gasteiger partial charge in [0.25, 0.3) is 5.91 Å². The van der Waals surface area contributed by atoms with Crippen molar-refractivity contribution in [2.45, 2.75) is 25.6 Å². The Balaban J connectivity index is 1.45. The van der Waals surface area contributed by atoms with Gasteiger partial charge in [0.1, 0.15) is 17.9 Å². The van der Waals surface area contributed by atoms with Crippen molar-refractivity contribution >= 4 is 17.4 Å². The molecule has 166 valence electrons. The normalized spacial score (nSPS) is 16.1. The number of anilines is 2. The van der Waals surface area contributed by atoms with Gasteiger partial charge in [-0.1, -0.05) is 6.07 Å². The number of carbonyl (C=O) groups excluding carboxylic acids is 1. The lowest BCUT2D eigenvalue weighted by Crippen LogP contribution is -2.20. The summed E-state index contributed by atoms with van der Waals surface area (Å²) in [6.45, 7) is 3.66. The minimum absolute atomic E-state index is 0.128. The number of aryl methyl sites for hydroxylation is 1. The predicted octanol–water partition coefficient (Wildman–Crippen LogP) is 4.32. The van der Waals surface area contributed by atoms with Gasteiger partial charge in [0.05, 0.1) is 24.3 Å². The molecule has 7 nitrogen and oxygen atoms in total. The Labute approximate surface area is 182 Å². The topological polar surface area (TPSA) is 80.2 Å². The summed E-state index contributed by atoms with van der Waals surface area (Å²) in [4.78, 5) is 26.9. The number of aromatic nitrogens is 3. The zero-order valence-electron chi connectivity index (χ0n) is 17.1. The van der Waals surface area contributed by atoms with Crippen molar-refractivity contribution in [1.82, 2.24) is 15.0 Å². The van der Waals surface area contributed by atoms with Gasteiger partial charge in [0, 0.05) is 24.6 Å². The predicted molar refractivity (Wildman–Crippen MR) is 112 cm³/mol. The van der Waals surface area contributed by atoms with Crippen LogP contribution in [0.25, 0.3) is 0 Å². The lowest BCUT2D eigenvalue weighted by atomic mass is 9.92. The van der Waals surface area contributed by atoms with Crippen LogP contribution in [-0.4, -0.2) is 40.3 Å². The monoisotopic (exact) mass is 443 g/mol. The molecule has 0 unspecified atom stereocenters. The largest absolute Gasteiger partial charge is 0.573 e. The number of hydrogen-bond donors (Lipinski definition) is 1. The standard InChI is InChI=1S/C22H20F3N5O2/c1-14-2-3-15(21(31)29-20-5-4-18(11-28-20)32-22(23,24)25)8-19(14)16-6-7-30(12-16)17-9-26-13-27-10-17/h2-5,8-11,13,16H,6-7,12H2,1H3,(H,28,29,31)/t16-/m1/s1. The van der Waals surface area contributed by atoms with Crippen molar-refractivity contribution in [2.75, 3.05) is 23.3 Å². The number of pyridine rings is 1. The molecule has 2 aromatic heterocycles. The summed E-state index contributed by atoms with van der Waals surface area (Å²) in [6.07, 6.45) is 2.10. The van der Waals surface area contributed by atoms with Crippen molar-refractivity contribution in [3.8, 4) is 5.75 Å². The summed E-state index contributed by atoms with van der Waals surface area (Å²) in [6, 6.07) is 7.82. The maximum atomic E-state index is 12.7. The second kappa shape index (κ2) is 8.81. The number of amides is 1. The van der Waals surface area contributed by atoms with Crippen LogP contribution in [0, 0.1) is 6.92 Å². The van der Waals surface area contributed by atoms with Gasteiger partial charge in [-0.25, -0.2) is 15.0 Å². The summed E-state index contributed by atoms with van der Waals surface area (Å²) in [5.41, 5.74) is 3.58. The second-order valence-electron chi connectivity index (χ2n) is 7.48. The Morgan fingerprint density at radius 3 is 2.62 bits per heavy atom. The molecule has 1 amide bonds. The maximum absolute atomic E-state index is 12.7. The van der Waals surface area contributed by atoms with Crippen molar-refractivity contribution < 1.29 is 22.7 Å². The molecule has 0 radical (unpaired) electrons. The van der Waals surface area contributed by atoms with Crippen LogP contribution < -0.4 is 15.0 Å². The van der Waals surface area contributed by atoms with E-state index >= 15 is 0 Å². The smallest absolute Gasteiger partial charge is 0.404 e. The molecule has 0 saturated carbocycles. The highest BCUT2D eigenvalue weighted by Crippen LogP contribution is 2.32. The van der Waals surface area contributed by atoms with Gasteiger partial charge < -0.3 is 15.0 Å². The third kappa shape index (κ3) is 5.13. The van der Waals surface area contributed by atoms with Gasteiger partial charge in [-0.05, 0) is 48.7 Å². The fourth-order valence-corrected chi connectivity index (χ4v) is 3.76. The Kier molecular flexibility index (Phi) is 5.93. The maximum Gasteiger partial charge on any atom is 0.573 e. The van der Waals surface area contributed by atoms with Crippen LogP contribution >= 0.6 is 0 Å². The summed E-state index contributed by atoms with van der Waals surface area (Å²) < 4.78 is 40.6. The first-order valence-corrected chi connectivity index (χ1v) is 9.92. The number of alkyl halides is 3. The van der Waals surface area contributed by atoms with Crippen molar-refractivity contribution in [1.29, 1.82) is 0 Å². The number of halogens is 3. The number of rotatable bonds is 5. The van der Waals surface area contributed by atoms with Crippen molar-refractivity contribution in [3.05, 3.63) is 71.9 Å². The highest BCUT2D eigenvalue weighted by Gasteiger charge is 2.31. The van der Waals surface area contributed by atoms with E-state index < -0.39 is 18.0 Å². The highest BCUT2D eigenvalue weighted by molar-refractivity contribution is 6.04. The fraction of sp³-hybridized carbons (Fsp3) is 0.273. The molecule has 1 aromatic carbocycles. The Morgan fingerprint density at radius 1 is 1.16 bits per heavy atom. The van der Waals surface area contributed by atoms with Gasteiger partial charge in [0.15, 0.2) is 0 Å². The average molecular weight is 443 g/mol. The van der Waals surface area contributed by atoms with Gasteiger partial charge >= 0.3 is 6.36 Å². The van der Waals surface area contributed by atoms with E-state index in [0.29, 0.717) is 5.56 Å². The average Bonchev–Trinajstić information content (AvgIpc) is 3.25. The molecule has 1 atom stereocenters. The molecule has 1 saturated heterocycles.